The van der Waals surface area contributed by atoms with Crippen LogP contribution < -0.4 is 5.32 Å². The zero-order valence-corrected chi connectivity index (χ0v) is 10.1. The molecule has 1 heterocycles. The van der Waals surface area contributed by atoms with E-state index in [-0.39, 0.29) is 11.9 Å². The quantitative estimate of drug-likeness (QED) is 0.876. The maximum Gasteiger partial charge on any atom is 0.123 e. The molecule has 1 aromatic heterocycles. The van der Waals surface area contributed by atoms with Gasteiger partial charge in [0, 0.05) is 7.05 Å². The van der Waals surface area contributed by atoms with Gasteiger partial charge in [-0.15, -0.1) is 5.10 Å². The van der Waals surface area contributed by atoms with Crippen LogP contribution >= 0.6 is 0 Å². The van der Waals surface area contributed by atoms with E-state index < -0.39 is 0 Å². The summed E-state index contributed by atoms with van der Waals surface area (Å²) in [7, 11) is 3.65. The van der Waals surface area contributed by atoms with Gasteiger partial charge in [-0.1, -0.05) is 11.3 Å². The van der Waals surface area contributed by atoms with Crippen LogP contribution in [-0.4, -0.2) is 22.0 Å². The first-order chi connectivity index (χ1) is 8.11. The average Bonchev–Trinajstić information content (AvgIpc) is 2.65. The molecular formula is C12H15FN4. The third-order valence-corrected chi connectivity index (χ3v) is 2.73. The minimum atomic E-state index is -0.227. The predicted octanol–water partition coefficient (Wildman–Crippen LogP) is 1.57. The van der Waals surface area contributed by atoms with Crippen LogP contribution in [0.2, 0.25) is 0 Å². The van der Waals surface area contributed by atoms with Crippen molar-refractivity contribution in [1.82, 2.24) is 20.3 Å². The van der Waals surface area contributed by atoms with Crippen molar-refractivity contribution in [3.8, 4) is 0 Å². The molecule has 90 valence electrons. The summed E-state index contributed by atoms with van der Waals surface area (Å²) in [5.74, 6) is -0.227. The zero-order chi connectivity index (χ0) is 12.4. The van der Waals surface area contributed by atoms with Gasteiger partial charge in [0.2, 0.25) is 0 Å². The number of hydrogen-bond donors (Lipinski definition) is 1. The second kappa shape index (κ2) is 4.63. The fourth-order valence-corrected chi connectivity index (χ4v) is 1.98. The predicted molar refractivity (Wildman–Crippen MR) is 63.0 cm³/mol. The number of nitrogens with one attached hydrogen (secondary N) is 1. The summed E-state index contributed by atoms with van der Waals surface area (Å²) in [5, 5.41) is 10.9. The summed E-state index contributed by atoms with van der Waals surface area (Å²) < 4.78 is 15.1. The van der Waals surface area contributed by atoms with Crippen LogP contribution in [0.1, 0.15) is 22.9 Å². The number of aryl methyl sites for hydroxylation is 2. The molecule has 0 aliphatic carbocycles. The highest BCUT2D eigenvalue weighted by Crippen LogP contribution is 2.22. The monoisotopic (exact) mass is 234 g/mol. The Morgan fingerprint density at radius 3 is 2.65 bits per heavy atom. The first-order valence-electron chi connectivity index (χ1n) is 5.40. The van der Waals surface area contributed by atoms with Crippen LogP contribution in [0, 0.1) is 12.7 Å². The molecule has 0 aliphatic rings. The minimum Gasteiger partial charge on any atom is -0.308 e. The second-order valence-corrected chi connectivity index (χ2v) is 4.07. The Labute approximate surface area is 99.5 Å². The molecule has 0 amide bonds. The summed E-state index contributed by atoms with van der Waals surface area (Å²) in [6.07, 6.45) is 1.68. The average molecular weight is 234 g/mol. The molecule has 0 fully saturated rings. The Kier molecular flexibility index (Phi) is 3.19. The van der Waals surface area contributed by atoms with Gasteiger partial charge in [0.1, 0.15) is 5.82 Å². The van der Waals surface area contributed by atoms with Crippen molar-refractivity contribution in [2.75, 3.05) is 7.05 Å². The summed E-state index contributed by atoms with van der Waals surface area (Å²) in [6.45, 7) is 1.88. The van der Waals surface area contributed by atoms with Gasteiger partial charge in [0.05, 0.1) is 17.9 Å². The summed E-state index contributed by atoms with van der Waals surface area (Å²) in [6, 6.07) is 4.89. The molecule has 0 bridgehead atoms. The number of aromatic nitrogens is 3. The van der Waals surface area contributed by atoms with E-state index in [1.807, 2.05) is 27.1 Å². The fourth-order valence-electron chi connectivity index (χ4n) is 1.98. The van der Waals surface area contributed by atoms with Gasteiger partial charge in [-0.2, -0.15) is 0 Å². The molecule has 2 rings (SSSR count). The molecule has 0 saturated heterocycles. The highest BCUT2D eigenvalue weighted by Gasteiger charge is 2.16. The van der Waals surface area contributed by atoms with Crippen molar-refractivity contribution in [1.29, 1.82) is 0 Å². The molecule has 0 spiro atoms. The Balaban J connectivity index is 2.45. The third kappa shape index (κ3) is 2.34. The van der Waals surface area contributed by atoms with Crippen LogP contribution in [-0.2, 0) is 7.05 Å². The van der Waals surface area contributed by atoms with Crippen molar-refractivity contribution in [2.24, 2.45) is 7.05 Å². The highest BCUT2D eigenvalue weighted by molar-refractivity contribution is 5.31. The fraction of sp³-hybridized carbons (Fsp3) is 0.333. The van der Waals surface area contributed by atoms with E-state index >= 15 is 0 Å². The lowest BCUT2D eigenvalue weighted by atomic mass is 10.0. The van der Waals surface area contributed by atoms with Gasteiger partial charge in [-0.3, -0.25) is 4.68 Å². The molecule has 1 unspecified atom stereocenters. The van der Waals surface area contributed by atoms with E-state index in [2.05, 4.69) is 15.6 Å². The minimum absolute atomic E-state index is 0.107. The topological polar surface area (TPSA) is 42.7 Å². The summed E-state index contributed by atoms with van der Waals surface area (Å²) in [5.41, 5.74) is 2.67. The maximum atomic E-state index is 13.4. The zero-order valence-electron chi connectivity index (χ0n) is 10.1. The maximum absolute atomic E-state index is 13.4. The Morgan fingerprint density at radius 1 is 1.35 bits per heavy atom. The molecule has 1 aromatic carbocycles. The first-order valence-corrected chi connectivity index (χ1v) is 5.40. The van der Waals surface area contributed by atoms with E-state index in [0.717, 1.165) is 16.8 Å². The molecule has 1 atom stereocenters. The van der Waals surface area contributed by atoms with Crippen LogP contribution in [0.25, 0.3) is 0 Å². The molecule has 0 radical (unpaired) electrons. The standard InChI is InChI=1S/C12H15FN4/c1-8-4-9(6-10(13)5-8)12(14-2)11-7-15-16-17(11)3/h4-7,12,14H,1-3H3. The summed E-state index contributed by atoms with van der Waals surface area (Å²) >= 11 is 0. The van der Waals surface area contributed by atoms with Crippen molar-refractivity contribution in [3.05, 3.63) is 47.0 Å². The van der Waals surface area contributed by atoms with Gasteiger partial charge < -0.3 is 5.32 Å². The molecule has 0 aliphatic heterocycles. The number of benzene rings is 1. The first kappa shape index (κ1) is 11.7. The van der Waals surface area contributed by atoms with E-state index in [4.69, 9.17) is 0 Å². The molecule has 1 N–H and O–H groups in total. The Morgan fingerprint density at radius 2 is 2.12 bits per heavy atom. The van der Waals surface area contributed by atoms with Gasteiger partial charge >= 0.3 is 0 Å². The molecule has 5 heteroatoms. The molecule has 4 nitrogen and oxygen atoms in total. The van der Waals surface area contributed by atoms with Gasteiger partial charge in [0.25, 0.3) is 0 Å². The number of rotatable bonds is 3. The van der Waals surface area contributed by atoms with Crippen molar-refractivity contribution in [3.63, 3.8) is 0 Å². The van der Waals surface area contributed by atoms with Gasteiger partial charge in [-0.25, -0.2) is 4.39 Å². The van der Waals surface area contributed by atoms with Gasteiger partial charge in [0.15, 0.2) is 0 Å². The SMILES string of the molecule is CNC(c1cc(C)cc(F)c1)c1cnnn1C. The van der Waals surface area contributed by atoms with E-state index in [1.165, 1.54) is 12.1 Å². The molecular weight excluding hydrogens is 219 g/mol. The molecule has 0 saturated carbocycles. The van der Waals surface area contributed by atoms with Crippen LogP contribution in [0.15, 0.2) is 24.4 Å². The van der Waals surface area contributed by atoms with Crippen LogP contribution in [0.5, 0.6) is 0 Å². The second-order valence-electron chi connectivity index (χ2n) is 4.07. The van der Waals surface area contributed by atoms with E-state index in [1.54, 1.807) is 10.9 Å². The molecule has 2 aromatic rings. The lowest BCUT2D eigenvalue weighted by Gasteiger charge is -2.17. The largest absolute Gasteiger partial charge is 0.308 e. The smallest absolute Gasteiger partial charge is 0.123 e. The van der Waals surface area contributed by atoms with Crippen LogP contribution in [0.3, 0.4) is 0 Å². The normalized spacial score (nSPS) is 12.7. The van der Waals surface area contributed by atoms with E-state index in [0.29, 0.717) is 0 Å². The van der Waals surface area contributed by atoms with E-state index in [9.17, 15) is 4.39 Å². The number of nitrogens with zero attached hydrogens (tertiary/aromatic N) is 3. The molecule has 17 heavy (non-hydrogen) atoms. The van der Waals surface area contributed by atoms with Gasteiger partial charge in [-0.05, 0) is 37.2 Å². The Bertz CT molecular complexity index is 501. The van der Waals surface area contributed by atoms with Crippen molar-refractivity contribution in [2.45, 2.75) is 13.0 Å². The van der Waals surface area contributed by atoms with Crippen molar-refractivity contribution < 1.29 is 4.39 Å². The van der Waals surface area contributed by atoms with Crippen molar-refractivity contribution >= 4 is 0 Å². The number of hydrogen-bond acceptors (Lipinski definition) is 3. The third-order valence-electron chi connectivity index (χ3n) is 2.73. The lowest BCUT2D eigenvalue weighted by molar-refractivity contribution is 0.585. The summed E-state index contributed by atoms with van der Waals surface area (Å²) in [4.78, 5) is 0. The lowest BCUT2D eigenvalue weighted by Crippen LogP contribution is -2.20. The Hall–Kier alpha value is -1.75. The van der Waals surface area contributed by atoms with Crippen LogP contribution in [0.4, 0.5) is 4.39 Å². The highest BCUT2D eigenvalue weighted by atomic mass is 19.1. The number of halogens is 1.